The van der Waals surface area contributed by atoms with Gasteiger partial charge in [-0.25, -0.2) is 15.0 Å². The third-order valence-corrected chi connectivity index (χ3v) is 4.81. The normalized spacial score (nSPS) is 12.9. The smallest absolute Gasteiger partial charge is 0.187 e. The van der Waals surface area contributed by atoms with Gasteiger partial charge in [-0.2, -0.15) is 0 Å². The summed E-state index contributed by atoms with van der Waals surface area (Å²) in [6, 6.07) is 9.93. The number of halogens is 1. The number of aliphatic imine (C=N–C) groups is 1. The highest BCUT2D eigenvalue weighted by Crippen LogP contribution is 2.49. The fourth-order valence-corrected chi connectivity index (χ4v) is 3.58. The van der Waals surface area contributed by atoms with Crippen LogP contribution in [0.2, 0.25) is 0 Å². The van der Waals surface area contributed by atoms with Crippen molar-refractivity contribution in [3.8, 4) is 11.5 Å². The van der Waals surface area contributed by atoms with E-state index in [0.29, 0.717) is 17.2 Å². The van der Waals surface area contributed by atoms with Gasteiger partial charge in [0.25, 0.3) is 0 Å². The van der Waals surface area contributed by atoms with E-state index in [1.54, 1.807) is 20.5 Å². The van der Waals surface area contributed by atoms with Crippen molar-refractivity contribution in [1.82, 2.24) is 9.97 Å². The predicted octanol–water partition coefficient (Wildman–Crippen LogP) is 5.00. The number of hydrogen-bond acceptors (Lipinski definition) is 6. The molecule has 0 radical (unpaired) electrons. The summed E-state index contributed by atoms with van der Waals surface area (Å²) in [7, 11) is 3.23. The molecule has 6 nitrogen and oxygen atoms in total. The Kier molecular flexibility index (Phi) is 4.24. The van der Waals surface area contributed by atoms with Gasteiger partial charge in [-0.1, -0.05) is 28.9 Å². The molecule has 4 rings (SSSR count). The minimum atomic E-state index is 0.593. The standard InChI is InChI=1S/C19H17BrN4O2/c1-4-15-23-17-16-13(9-14(25-2)18(17)26-3)21-10-22-19(16)24(15)12-7-5-6-11(20)8-12/h5-10H,4H2,1-3H3. The van der Waals surface area contributed by atoms with Gasteiger partial charge in [0.2, 0.25) is 0 Å². The Bertz CT molecular complexity index is 1040. The van der Waals surface area contributed by atoms with Gasteiger partial charge in [-0.3, -0.25) is 4.90 Å². The van der Waals surface area contributed by atoms with Crippen LogP contribution >= 0.6 is 15.9 Å². The van der Waals surface area contributed by atoms with Crippen LogP contribution in [0.3, 0.4) is 0 Å². The van der Waals surface area contributed by atoms with Crippen LogP contribution in [0.15, 0.2) is 46.1 Å². The van der Waals surface area contributed by atoms with E-state index < -0.39 is 0 Å². The molecule has 0 unspecified atom stereocenters. The molecule has 132 valence electrons. The van der Waals surface area contributed by atoms with E-state index in [1.165, 1.54) is 0 Å². The highest BCUT2D eigenvalue weighted by Gasteiger charge is 2.29. The Hall–Kier alpha value is -2.67. The molecule has 0 saturated carbocycles. The maximum Gasteiger partial charge on any atom is 0.187 e. The van der Waals surface area contributed by atoms with Crippen molar-refractivity contribution in [2.75, 3.05) is 19.1 Å². The summed E-state index contributed by atoms with van der Waals surface area (Å²) in [4.78, 5) is 15.9. The molecule has 1 aliphatic heterocycles. The number of nitrogens with zero attached hydrogens (tertiary/aromatic N) is 4. The summed E-state index contributed by atoms with van der Waals surface area (Å²) in [6.07, 6.45) is 2.30. The van der Waals surface area contributed by atoms with Gasteiger partial charge in [-0.05, 0) is 18.2 Å². The van der Waals surface area contributed by atoms with E-state index in [-0.39, 0.29) is 0 Å². The third-order valence-electron chi connectivity index (χ3n) is 4.32. The van der Waals surface area contributed by atoms with Crippen molar-refractivity contribution in [3.63, 3.8) is 0 Å². The second kappa shape index (κ2) is 6.57. The molecule has 3 aromatic rings. The summed E-state index contributed by atoms with van der Waals surface area (Å²) in [5.41, 5.74) is 2.46. The van der Waals surface area contributed by atoms with E-state index >= 15 is 0 Å². The van der Waals surface area contributed by atoms with Crippen molar-refractivity contribution in [2.24, 2.45) is 4.99 Å². The number of benzene rings is 2. The van der Waals surface area contributed by atoms with Gasteiger partial charge in [0.1, 0.15) is 17.9 Å². The number of anilines is 2. The molecular formula is C19H17BrN4O2. The summed E-state index contributed by atoms with van der Waals surface area (Å²) in [5.74, 6) is 2.86. The van der Waals surface area contributed by atoms with Crippen LogP contribution in [0.25, 0.3) is 10.9 Å². The van der Waals surface area contributed by atoms with Crippen LogP contribution in [0, 0.1) is 0 Å². The van der Waals surface area contributed by atoms with Gasteiger partial charge in [0.15, 0.2) is 17.3 Å². The third kappa shape index (κ3) is 2.50. The molecule has 2 heterocycles. The molecule has 0 atom stereocenters. The number of rotatable bonds is 4. The SMILES string of the molecule is CCC1=Nc2c(OC)c(OC)cc3ncnc(c23)N1c1cccc(Br)c1. The highest BCUT2D eigenvalue weighted by molar-refractivity contribution is 9.10. The van der Waals surface area contributed by atoms with E-state index in [0.717, 1.165) is 39.1 Å². The number of methoxy groups -OCH3 is 2. The molecule has 26 heavy (non-hydrogen) atoms. The molecule has 0 bridgehead atoms. The molecule has 1 aliphatic rings. The van der Waals surface area contributed by atoms with Crippen LogP contribution in [0.1, 0.15) is 13.3 Å². The number of aromatic nitrogens is 2. The molecule has 0 fully saturated rings. The highest BCUT2D eigenvalue weighted by atomic mass is 79.9. The quantitative estimate of drug-likeness (QED) is 0.603. The zero-order chi connectivity index (χ0) is 18.3. The Balaban J connectivity index is 2.07. The molecule has 0 spiro atoms. The monoisotopic (exact) mass is 412 g/mol. The van der Waals surface area contributed by atoms with Crippen LogP contribution in [-0.4, -0.2) is 30.0 Å². The Labute approximate surface area is 159 Å². The minimum Gasteiger partial charge on any atom is -0.493 e. The summed E-state index contributed by atoms with van der Waals surface area (Å²) < 4.78 is 12.1. The van der Waals surface area contributed by atoms with Gasteiger partial charge < -0.3 is 9.47 Å². The van der Waals surface area contributed by atoms with Crippen LogP contribution in [0.5, 0.6) is 11.5 Å². The predicted molar refractivity (Wildman–Crippen MR) is 106 cm³/mol. The lowest BCUT2D eigenvalue weighted by molar-refractivity contribution is 0.356. The molecule has 0 aliphatic carbocycles. The number of amidine groups is 1. The fraction of sp³-hybridized carbons (Fsp3) is 0.211. The van der Waals surface area contributed by atoms with Crippen molar-refractivity contribution < 1.29 is 9.47 Å². The number of hydrogen-bond donors (Lipinski definition) is 0. The summed E-state index contributed by atoms with van der Waals surface area (Å²) >= 11 is 3.55. The maximum atomic E-state index is 5.59. The van der Waals surface area contributed by atoms with Crippen molar-refractivity contribution >= 4 is 49.9 Å². The fourth-order valence-electron chi connectivity index (χ4n) is 3.20. The zero-order valence-electron chi connectivity index (χ0n) is 14.7. The summed E-state index contributed by atoms with van der Waals surface area (Å²) in [5, 5.41) is 0.849. The Morgan fingerprint density at radius 3 is 2.65 bits per heavy atom. The first-order valence-corrected chi connectivity index (χ1v) is 9.00. The first-order chi connectivity index (χ1) is 12.7. The largest absolute Gasteiger partial charge is 0.493 e. The van der Waals surface area contributed by atoms with E-state index in [4.69, 9.17) is 14.5 Å². The Morgan fingerprint density at radius 2 is 1.96 bits per heavy atom. The second-order valence-electron chi connectivity index (χ2n) is 5.75. The second-order valence-corrected chi connectivity index (χ2v) is 6.66. The van der Waals surface area contributed by atoms with Crippen molar-refractivity contribution in [1.29, 1.82) is 0 Å². The van der Waals surface area contributed by atoms with Gasteiger partial charge >= 0.3 is 0 Å². The Morgan fingerprint density at radius 1 is 1.12 bits per heavy atom. The summed E-state index contributed by atoms with van der Waals surface area (Å²) in [6.45, 7) is 2.07. The van der Waals surface area contributed by atoms with Crippen LogP contribution in [0.4, 0.5) is 17.2 Å². The molecule has 7 heteroatoms. The average molecular weight is 413 g/mol. The van der Waals surface area contributed by atoms with E-state index in [9.17, 15) is 0 Å². The number of ether oxygens (including phenoxy) is 2. The maximum absolute atomic E-state index is 5.59. The van der Waals surface area contributed by atoms with Gasteiger partial charge in [-0.15, -0.1) is 0 Å². The van der Waals surface area contributed by atoms with Crippen LogP contribution in [-0.2, 0) is 0 Å². The van der Waals surface area contributed by atoms with E-state index in [1.807, 2.05) is 30.3 Å². The lowest BCUT2D eigenvalue weighted by Gasteiger charge is -2.30. The molecule has 0 amide bonds. The van der Waals surface area contributed by atoms with Gasteiger partial charge in [0.05, 0.1) is 25.1 Å². The first-order valence-electron chi connectivity index (χ1n) is 8.20. The molecule has 0 N–H and O–H groups in total. The van der Waals surface area contributed by atoms with Crippen molar-refractivity contribution in [2.45, 2.75) is 13.3 Å². The van der Waals surface area contributed by atoms with Crippen LogP contribution < -0.4 is 14.4 Å². The van der Waals surface area contributed by atoms with Crippen molar-refractivity contribution in [3.05, 3.63) is 41.1 Å². The molecule has 0 saturated heterocycles. The zero-order valence-corrected chi connectivity index (χ0v) is 16.2. The first kappa shape index (κ1) is 16.8. The molecule has 1 aromatic heterocycles. The lowest BCUT2D eigenvalue weighted by Crippen LogP contribution is -2.28. The topological polar surface area (TPSA) is 59.8 Å². The minimum absolute atomic E-state index is 0.593. The molecule has 2 aromatic carbocycles. The lowest BCUT2D eigenvalue weighted by atomic mass is 10.1. The van der Waals surface area contributed by atoms with E-state index in [2.05, 4.69) is 37.7 Å². The molecular weight excluding hydrogens is 396 g/mol. The van der Waals surface area contributed by atoms with Gasteiger partial charge in [0, 0.05) is 22.6 Å². The average Bonchev–Trinajstić information content (AvgIpc) is 2.67.